The number of halogens is 7. The monoisotopic (exact) mass is 1170 g/mol. The van der Waals surface area contributed by atoms with E-state index in [9.17, 15) is 51.6 Å². The van der Waals surface area contributed by atoms with Crippen LogP contribution in [0.5, 0.6) is 11.5 Å². The molecule has 2 amide bonds. The number of nitro groups is 2. The fraction of sp³-hybridized carbons (Fsp3) is 0.275. The minimum Gasteiger partial charge on any atom is -0.492 e. The van der Waals surface area contributed by atoms with E-state index >= 15 is 0 Å². The summed E-state index contributed by atoms with van der Waals surface area (Å²) in [6, 6.07) is 9.35. The van der Waals surface area contributed by atoms with E-state index in [1.807, 2.05) is 17.1 Å². The fourth-order valence-corrected chi connectivity index (χ4v) is 7.74. The largest absolute Gasteiger partial charge is 0.492 e. The van der Waals surface area contributed by atoms with Crippen LogP contribution in [0, 0.1) is 43.5 Å². The molecular formula is C40H37ClF4I2N8O9S. The molecular weight excluding hydrogens is 1130 g/mol. The molecule has 0 fully saturated rings. The number of imidazole rings is 1. The number of carbonyl (C=O) groups is 2. The number of amides is 2. The quantitative estimate of drug-likeness (QED) is 0.0257. The summed E-state index contributed by atoms with van der Waals surface area (Å²) in [5, 5.41) is 27.4. The summed E-state index contributed by atoms with van der Waals surface area (Å²) in [5.74, 6) is -5.70. The van der Waals surface area contributed by atoms with Crippen LogP contribution in [0.15, 0.2) is 79.4 Å². The van der Waals surface area contributed by atoms with Crippen LogP contribution in [0.25, 0.3) is 0 Å². The number of non-ortho nitro benzene ring substituents is 2. The molecule has 1 aromatic heterocycles. The first-order chi connectivity index (χ1) is 30.7. The van der Waals surface area contributed by atoms with E-state index < -0.39 is 72.7 Å². The van der Waals surface area contributed by atoms with Crippen molar-refractivity contribution in [2.45, 2.75) is 52.5 Å². The summed E-state index contributed by atoms with van der Waals surface area (Å²) in [6.45, 7) is 5.79. The zero-order valence-electron chi connectivity index (χ0n) is 34.1. The maximum atomic E-state index is 13.5. The van der Waals surface area contributed by atoms with Crippen molar-refractivity contribution >= 4 is 103 Å². The van der Waals surface area contributed by atoms with Crippen molar-refractivity contribution < 1.29 is 50.7 Å². The molecule has 0 radical (unpaired) electrons. The van der Waals surface area contributed by atoms with Gasteiger partial charge in [-0.25, -0.2) is 36.3 Å². The molecule has 4 N–H and O–H groups in total. The molecule has 0 unspecified atom stereocenters. The Labute approximate surface area is 402 Å². The number of fused-ring (bicyclic) bond motifs is 2. The minimum absolute atomic E-state index is 0.00279. The Morgan fingerprint density at radius 1 is 0.800 bits per heavy atom. The summed E-state index contributed by atoms with van der Waals surface area (Å²) in [4.78, 5) is 53.1. The highest BCUT2D eigenvalue weighted by Gasteiger charge is 2.33. The summed E-state index contributed by atoms with van der Waals surface area (Å²) in [7, 11) is -1.47. The molecule has 17 nitrogen and oxygen atoms in total. The van der Waals surface area contributed by atoms with Gasteiger partial charge in [0.05, 0.1) is 68.3 Å². The summed E-state index contributed by atoms with van der Waals surface area (Å²) < 4.78 is 81.5. The van der Waals surface area contributed by atoms with Crippen LogP contribution in [-0.2, 0) is 11.0 Å². The van der Waals surface area contributed by atoms with Gasteiger partial charge in [-0.1, -0.05) is 0 Å². The van der Waals surface area contributed by atoms with Gasteiger partial charge in [0.1, 0.15) is 13.6 Å². The van der Waals surface area contributed by atoms with E-state index in [2.05, 4.69) is 70.4 Å². The third-order valence-electron chi connectivity index (χ3n) is 9.21. The van der Waals surface area contributed by atoms with Crippen LogP contribution >= 0.6 is 57.0 Å². The molecule has 0 saturated carbocycles. The second-order valence-electron chi connectivity index (χ2n) is 14.8. The number of nitrogens with zero attached hydrogens (tertiary/aromatic N) is 4. The average Bonchev–Trinajstić information content (AvgIpc) is 3.81. The van der Waals surface area contributed by atoms with E-state index in [1.165, 1.54) is 18.2 Å². The molecule has 4 aromatic carbocycles. The Morgan fingerprint density at radius 2 is 1.26 bits per heavy atom. The van der Waals surface area contributed by atoms with Crippen LogP contribution in [0.3, 0.4) is 0 Å². The number of rotatable bonds is 10. The highest BCUT2D eigenvalue weighted by atomic mass is 127. The van der Waals surface area contributed by atoms with Crippen LogP contribution in [0.4, 0.5) is 40.3 Å². The van der Waals surface area contributed by atoms with Gasteiger partial charge in [-0.2, -0.15) is 0 Å². The van der Waals surface area contributed by atoms with Gasteiger partial charge in [0.2, 0.25) is 0 Å². The summed E-state index contributed by atoms with van der Waals surface area (Å²) in [5.41, 5.74) is -0.239. The number of hydrogen-bond donors (Lipinski definition) is 4. The zero-order valence-corrected chi connectivity index (χ0v) is 40.0. The second-order valence-corrected chi connectivity index (χ2v) is 21.7. The number of nitrogens with one attached hydrogen (secondary N) is 4. The Hall–Kier alpha value is -5.03. The molecule has 2 aliphatic rings. The number of anilines is 2. The van der Waals surface area contributed by atoms with Crippen LogP contribution in [-0.4, -0.2) is 53.4 Å². The first kappa shape index (κ1) is 51.0. The van der Waals surface area contributed by atoms with E-state index in [-0.39, 0.29) is 58.6 Å². The van der Waals surface area contributed by atoms with Crippen molar-refractivity contribution in [3.05, 3.63) is 145 Å². The number of carbonyl (C=O) groups excluding carboxylic acids is 2. The van der Waals surface area contributed by atoms with Gasteiger partial charge >= 0.3 is 0 Å². The van der Waals surface area contributed by atoms with E-state index in [1.54, 1.807) is 27.0 Å². The first-order valence-corrected chi connectivity index (χ1v) is 22.9. The molecule has 25 heteroatoms. The average molecular weight is 1170 g/mol. The molecule has 0 saturated heterocycles. The number of hydrogen-bond acceptors (Lipinski definition) is 11. The normalized spacial score (nSPS) is 15.6. The zero-order chi connectivity index (χ0) is 47.7. The van der Waals surface area contributed by atoms with Gasteiger partial charge in [-0.15, -0.1) is 0 Å². The Kier molecular flexibility index (Phi) is 17.6. The Bertz CT molecular complexity index is 2610. The van der Waals surface area contributed by atoms with Gasteiger partial charge in [0.25, 0.3) is 23.2 Å². The van der Waals surface area contributed by atoms with E-state index in [0.717, 1.165) is 42.5 Å². The third kappa shape index (κ3) is 13.3. The maximum Gasteiger partial charge on any atom is 0.270 e. The summed E-state index contributed by atoms with van der Waals surface area (Å²) in [6.07, 6.45) is 6.39. The van der Waals surface area contributed by atoms with E-state index in [4.69, 9.17) is 21.3 Å². The Morgan fingerprint density at radius 3 is 1.63 bits per heavy atom. The molecule has 2 aliphatic heterocycles. The summed E-state index contributed by atoms with van der Waals surface area (Å²) >= 11 is 10.3. The van der Waals surface area contributed by atoms with Crippen LogP contribution in [0.2, 0.25) is 0 Å². The standard InChI is InChI=1S/C20H21F2N3O5S.C16H12ClF2N3O4.C4H4I2N2/c1-20(2,3)31(29)24-17-6-7-30-18-13(17)9-12(25(27)28)10-14(18)19(26)23-11-4-5-15(21)16(22)8-11;17-21-14-3-4-26-15-10(14)6-9(22(24)25)7-11(15)16(23)20-8-1-2-12(18)13(19)5-8;5-4(6)8-2-1-7-3-8/h4-5,8-10,17,24H,6-7H2,1-3H3,(H,23,26);1-2,5-7,14,21H,3-4H2,(H,20,23);1-4H/t17-,31-;14-;/m00./s1. The highest BCUT2D eigenvalue weighted by molar-refractivity contribution is 14.2. The molecule has 0 bridgehead atoms. The third-order valence-corrected chi connectivity index (χ3v) is 12.4. The van der Waals surface area contributed by atoms with Gasteiger partial charge in [-0.05, 0) is 102 Å². The molecule has 346 valence electrons. The van der Waals surface area contributed by atoms with Crippen molar-refractivity contribution in [2.24, 2.45) is 0 Å². The molecule has 3 atom stereocenters. The van der Waals surface area contributed by atoms with Crippen molar-refractivity contribution in [2.75, 3.05) is 23.8 Å². The van der Waals surface area contributed by atoms with Crippen molar-refractivity contribution in [3.8, 4) is 11.5 Å². The van der Waals surface area contributed by atoms with Crippen molar-refractivity contribution in [1.29, 1.82) is 0 Å². The number of nitro benzene ring substituents is 2. The number of benzene rings is 4. The molecule has 65 heavy (non-hydrogen) atoms. The fourth-order valence-electron chi connectivity index (χ4n) is 6.00. The highest BCUT2D eigenvalue weighted by Crippen LogP contribution is 2.40. The lowest BCUT2D eigenvalue weighted by molar-refractivity contribution is -0.385. The molecule has 7 rings (SSSR count). The van der Waals surface area contributed by atoms with Gasteiger partial charge in [0, 0.05) is 84.1 Å². The van der Waals surface area contributed by atoms with Crippen LogP contribution < -0.4 is 29.7 Å². The molecule has 0 aliphatic carbocycles. The minimum atomic E-state index is -1.47. The van der Waals surface area contributed by atoms with Gasteiger partial charge < -0.3 is 24.7 Å². The smallest absolute Gasteiger partial charge is 0.270 e. The van der Waals surface area contributed by atoms with Gasteiger partial charge in [0.15, 0.2) is 23.3 Å². The van der Waals surface area contributed by atoms with Crippen molar-refractivity contribution in [1.82, 2.24) is 19.1 Å². The van der Waals surface area contributed by atoms with E-state index in [0.29, 0.717) is 26.0 Å². The predicted octanol–water partition coefficient (Wildman–Crippen LogP) is 9.90. The predicted molar refractivity (Wildman–Crippen MR) is 250 cm³/mol. The SMILES string of the molecule is CC(C)(C)[S@](=O)N[C@H]1CCOc2c(C(=O)Nc3ccc(F)c(F)c3)cc([N+](=O)[O-])cc21.IC(I)n1ccnc1.O=C(Nc1ccc(F)c(F)c1)c1cc([N+](=O)[O-])cc2c1OCC[C@@H]2NCl. The van der Waals surface area contributed by atoms with Gasteiger partial charge in [-0.3, -0.25) is 29.8 Å². The lowest BCUT2D eigenvalue weighted by atomic mass is 9.97. The topological polar surface area (TPSA) is 222 Å². The number of ether oxygens (including phenoxy) is 2. The molecule has 5 aromatic rings. The first-order valence-electron chi connectivity index (χ1n) is 18.9. The number of alkyl halides is 2. The number of aromatic nitrogens is 2. The van der Waals surface area contributed by atoms with Crippen molar-refractivity contribution in [3.63, 3.8) is 0 Å². The molecule has 3 heterocycles. The van der Waals surface area contributed by atoms with Crippen LogP contribution in [0.1, 0.15) is 79.6 Å². The molecule has 0 spiro atoms. The lowest BCUT2D eigenvalue weighted by Gasteiger charge is -2.30. The Balaban J connectivity index is 0.000000210. The maximum absolute atomic E-state index is 13.5. The lowest BCUT2D eigenvalue weighted by Crippen LogP contribution is -2.37. The second kappa shape index (κ2) is 22.4.